The molecule has 2 rings (SSSR count). The SMILES string of the molecule is CNc1cccnc1S(=O)(=O)NCC1COCCO1. The zero-order valence-corrected chi connectivity index (χ0v) is 11.4. The number of ether oxygens (including phenoxy) is 2. The molecule has 0 radical (unpaired) electrons. The fourth-order valence-electron chi connectivity index (χ4n) is 1.72. The first-order valence-corrected chi connectivity index (χ1v) is 7.43. The molecule has 1 saturated heterocycles. The summed E-state index contributed by atoms with van der Waals surface area (Å²) in [4.78, 5) is 3.90. The summed E-state index contributed by atoms with van der Waals surface area (Å²) in [5.74, 6) is 0. The van der Waals surface area contributed by atoms with Crippen LogP contribution in [0.4, 0.5) is 5.69 Å². The van der Waals surface area contributed by atoms with Crippen molar-refractivity contribution in [3.63, 3.8) is 0 Å². The highest BCUT2D eigenvalue weighted by molar-refractivity contribution is 7.89. The number of pyridine rings is 1. The molecular formula is C11H17N3O4S. The Balaban J connectivity index is 2.05. The van der Waals surface area contributed by atoms with Crippen molar-refractivity contribution in [2.24, 2.45) is 0 Å². The number of rotatable bonds is 5. The summed E-state index contributed by atoms with van der Waals surface area (Å²) in [6.07, 6.45) is 1.18. The van der Waals surface area contributed by atoms with Gasteiger partial charge in [0.2, 0.25) is 0 Å². The Morgan fingerprint density at radius 3 is 3.00 bits per heavy atom. The van der Waals surface area contributed by atoms with Crippen LogP contribution in [0.5, 0.6) is 0 Å². The third kappa shape index (κ3) is 3.63. The molecule has 2 N–H and O–H groups in total. The standard InChI is InChI=1S/C11H17N3O4S/c1-12-10-3-2-4-13-11(10)19(15,16)14-7-9-8-17-5-6-18-9/h2-4,9,12,14H,5-8H2,1H3. The largest absolute Gasteiger partial charge is 0.386 e. The van der Waals surface area contributed by atoms with Crippen LogP contribution in [0.3, 0.4) is 0 Å². The van der Waals surface area contributed by atoms with E-state index in [1.165, 1.54) is 6.20 Å². The van der Waals surface area contributed by atoms with Crippen molar-refractivity contribution in [3.8, 4) is 0 Å². The molecule has 8 heteroatoms. The topological polar surface area (TPSA) is 89.6 Å². The van der Waals surface area contributed by atoms with Crippen molar-refractivity contribution >= 4 is 15.7 Å². The van der Waals surface area contributed by atoms with Crippen LogP contribution in [0.1, 0.15) is 0 Å². The zero-order chi connectivity index (χ0) is 13.7. The van der Waals surface area contributed by atoms with Crippen LogP contribution in [0, 0.1) is 0 Å². The van der Waals surface area contributed by atoms with E-state index in [2.05, 4.69) is 15.0 Å². The molecule has 0 bridgehead atoms. The Morgan fingerprint density at radius 1 is 1.47 bits per heavy atom. The molecular weight excluding hydrogens is 270 g/mol. The van der Waals surface area contributed by atoms with Crippen molar-refractivity contribution in [1.29, 1.82) is 0 Å². The molecule has 1 atom stereocenters. The Labute approximate surface area is 112 Å². The van der Waals surface area contributed by atoms with E-state index in [0.717, 1.165) is 0 Å². The van der Waals surface area contributed by atoms with Crippen LogP contribution < -0.4 is 10.0 Å². The lowest BCUT2D eigenvalue weighted by atomic mass is 10.3. The molecule has 106 valence electrons. The summed E-state index contributed by atoms with van der Waals surface area (Å²) >= 11 is 0. The summed E-state index contributed by atoms with van der Waals surface area (Å²) in [6.45, 7) is 1.59. The lowest BCUT2D eigenvalue weighted by Crippen LogP contribution is -2.40. The van der Waals surface area contributed by atoms with Crippen LogP contribution >= 0.6 is 0 Å². The second kappa shape index (κ2) is 6.29. The molecule has 0 aliphatic carbocycles. The van der Waals surface area contributed by atoms with Crippen LogP contribution in [-0.2, 0) is 19.5 Å². The van der Waals surface area contributed by atoms with E-state index < -0.39 is 10.0 Å². The molecule has 0 saturated carbocycles. The highest BCUT2D eigenvalue weighted by atomic mass is 32.2. The van der Waals surface area contributed by atoms with E-state index in [-0.39, 0.29) is 17.7 Å². The maximum atomic E-state index is 12.1. The first kappa shape index (κ1) is 14.2. The van der Waals surface area contributed by atoms with Gasteiger partial charge in [-0.2, -0.15) is 0 Å². The predicted molar refractivity (Wildman–Crippen MR) is 69.5 cm³/mol. The maximum Gasteiger partial charge on any atom is 0.260 e. The Hall–Kier alpha value is -1.22. The molecule has 2 heterocycles. The molecule has 0 amide bonds. The number of sulfonamides is 1. The van der Waals surface area contributed by atoms with Crippen LogP contribution in [0.15, 0.2) is 23.4 Å². The van der Waals surface area contributed by atoms with Crippen LogP contribution in [-0.4, -0.2) is 52.9 Å². The highest BCUT2D eigenvalue weighted by Crippen LogP contribution is 2.16. The quantitative estimate of drug-likeness (QED) is 0.780. The Kier molecular flexibility index (Phi) is 4.70. The van der Waals surface area contributed by atoms with Gasteiger partial charge in [-0.05, 0) is 12.1 Å². The van der Waals surface area contributed by atoms with Crippen LogP contribution in [0.2, 0.25) is 0 Å². The zero-order valence-electron chi connectivity index (χ0n) is 10.6. The van der Waals surface area contributed by atoms with Gasteiger partial charge >= 0.3 is 0 Å². The summed E-state index contributed by atoms with van der Waals surface area (Å²) in [6, 6.07) is 3.32. The number of hydrogen-bond donors (Lipinski definition) is 2. The molecule has 1 unspecified atom stereocenters. The van der Waals surface area contributed by atoms with Crippen molar-refractivity contribution in [2.75, 3.05) is 38.7 Å². The molecule has 7 nitrogen and oxygen atoms in total. The van der Waals surface area contributed by atoms with E-state index in [1.54, 1.807) is 19.2 Å². The summed E-state index contributed by atoms with van der Waals surface area (Å²) < 4.78 is 37.4. The van der Waals surface area contributed by atoms with Gasteiger partial charge in [0.05, 0.1) is 31.6 Å². The number of aromatic nitrogens is 1. The van der Waals surface area contributed by atoms with Gasteiger partial charge in [-0.3, -0.25) is 0 Å². The van der Waals surface area contributed by atoms with Crippen molar-refractivity contribution in [2.45, 2.75) is 11.1 Å². The van der Waals surface area contributed by atoms with Crippen LogP contribution in [0.25, 0.3) is 0 Å². The van der Waals surface area contributed by atoms with Gasteiger partial charge in [-0.25, -0.2) is 18.1 Å². The Morgan fingerprint density at radius 2 is 2.32 bits per heavy atom. The molecule has 1 aliphatic rings. The van der Waals surface area contributed by atoms with Crippen molar-refractivity contribution in [1.82, 2.24) is 9.71 Å². The molecule has 1 aliphatic heterocycles. The van der Waals surface area contributed by atoms with E-state index in [4.69, 9.17) is 9.47 Å². The molecule has 0 spiro atoms. The number of nitrogens with one attached hydrogen (secondary N) is 2. The molecule has 19 heavy (non-hydrogen) atoms. The monoisotopic (exact) mass is 287 g/mol. The first-order valence-electron chi connectivity index (χ1n) is 5.95. The molecule has 1 fully saturated rings. The molecule has 0 aromatic carbocycles. The summed E-state index contributed by atoms with van der Waals surface area (Å²) in [5.41, 5.74) is 0.454. The van der Waals surface area contributed by atoms with Gasteiger partial charge in [-0.15, -0.1) is 0 Å². The minimum absolute atomic E-state index is 0.0192. The second-order valence-electron chi connectivity index (χ2n) is 4.03. The third-order valence-corrected chi connectivity index (χ3v) is 4.06. The van der Waals surface area contributed by atoms with Gasteiger partial charge in [0.1, 0.15) is 0 Å². The normalized spacial score (nSPS) is 20.2. The number of nitrogens with zero attached hydrogens (tertiary/aromatic N) is 1. The Bertz CT molecular complexity index is 514. The minimum Gasteiger partial charge on any atom is -0.386 e. The van der Waals surface area contributed by atoms with Crippen molar-refractivity contribution < 1.29 is 17.9 Å². The average Bonchev–Trinajstić information content (AvgIpc) is 2.46. The minimum atomic E-state index is -3.66. The maximum absolute atomic E-state index is 12.1. The third-order valence-electron chi connectivity index (χ3n) is 2.68. The predicted octanol–water partition coefficient (Wildman–Crippen LogP) is -0.183. The highest BCUT2D eigenvalue weighted by Gasteiger charge is 2.22. The smallest absolute Gasteiger partial charge is 0.260 e. The van der Waals surface area contributed by atoms with E-state index in [9.17, 15) is 8.42 Å². The average molecular weight is 287 g/mol. The van der Waals surface area contributed by atoms with Gasteiger partial charge < -0.3 is 14.8 Å². The lowest BCUT2D eigenvalue weighted by Gasteiger charge is -2.23. The fraction of sp³-hybridized carbons (Fsp3) is 0.545. The van der Waals surface area contributed by atoms with Gasteiger partial charge in [0.15, 0.2) is 5.03 Å². The van der Waals surface area contributed by atoms with E-state index >= 15 is 0 Å². The fourth-order valence-corrected chi connectivity index (χ4v) is 2.92. The summed E-state index contributed by atoms with van der Waals surface area (Å²) in [5, 5.41) is 2.78. The van der Waals surface area contributed by atoms with Gasteiger partial charge in [-0.1, -0.05) is 0 Å². The van der Waals surface area contributed by atoms with Gasteiger partial charge in [0.25, 0.3) is 10.0 Å². The number of anilines is 1. The summed E-state index contributed by atoms with van der Waals surface area (Å²) in [7, 11) is -2.01. The molecule has 1 aromatic rings. The van der Waals surface area contributed by atoms with Gasteiger partial charge in [0, 0.05) is 19.8 Å². The first-order chi connectivity index (χ1) is 9.13. The molecule has 1 aromatic heterocycles. The number of hydrogen-bond acceptors (Lipinski definition) is 6. The van der Waals surface area contributed by atoms with Crippen molar-refractivity contribution in [3.05, 3.63) is 18.3 Å². The van der Waals surface area contributed by atoms with E-state index in [1.807, 2.05) is 0 Å². The van der Waals surface area contributed by atoms with E-state index in [0.29, 0.717) is 25.5 Å². The second-order valence-corrected chi connectivity index (χ2v) is 5.71. The lowest BCUT2D eigenvalue weighted by molar-refractivity contribution is -0.0847.